The van der Waals surface area contributed by atoms with E-state index in [-0.39, 0.29) is 37.5 Å². The average Bonchev–Trinajstić information content (AvgIpc) is 3.33. The van der Waals surface area contributed by atoms with Gasteiger partial charge in [0.05, 0.1) is 30.2 Å². The summed E-state index contributed by atoms with van der Waals surface area (Å²) in [6.45, 7) is 4.34. The molecule has 0 saturated heterocycles. The molecule has 1 aliphatic rings. The van der Waals surface area contributed by atoms with Crippen LogP contribution in [0.3, 0.4) is 0 Å². The Kier molecular flexibility index (Phi) is 6.87. The minimum Gasteiger partial charge on any atom is -0.419 e. The van der Waals surface area contributed by atoms with Crippen LogP contribution in [0, 0.1) is 0 Å². The SMILES string of the molecule is CC(C)N(Cc1nnc(-c2ccccc2Cl)o1)C(=O)CN(C)CC(=O)NC1CC1. The van der Waals surface area contributed by atoms with Gasteiger partial charge in [0.25, 0.3) is 0 Å². The van der Waals surface area contributed by atoms with Gasteiger partial charge < -0.3 is 14.6 Å². The molecule has 0 aliphatic heterocycles. The maximum atomic E-state index is 12.8. The molecule has 0 radical (unpaired) electrons. The number of rotatable bonds is 9. The predicted molar refractivity (Wildman–Crippen MR) is 109 cm³/mol. The molecule has 2 aromatic rings. The van der Waals surface area contributed by atoms with Gasteiger partial charge in [-0.3, -0.25) is 14.5 Å². The lowest BCUT2D eigenvalue weighted by Crippen LogP contribution is -2.45. The summed E-state index contributed by atoms with van der Waals surface area (Å²) >= 11 is 6.18. The van der Waals surface area contributed by atoms with Crippen molar-refractivity contribution < 1.29 is 14.0 Å². The van der Waals surface area contributed by atoms with Gasteiger partial charge in [-0.2, -0.15) is 0 Å². The molecule has 29 heavy (non-hydrogen) atoms. The number of aromatic nitrogens is 2. The van der Waals surface area contributed by atoms with Crippen LogP contribution >= 0.6 is 11.6 Å². The largest absolute Gasteiger partial charge is 0.419 e. The molecule has 9 heteroatoms. The van der Waals surface area contributed by atoms with Gasteiger partial charge in [0.1, 0.15) is 0 Å². The van der Waals surface area contributed by atoms with Crippen LogP contribution in [0.1, 0.15) is 32.6 Å². The maximum Gasteiger partial charge on any atom is 0.249 e. The molecule has 1 heterocycles. The number of halogens is 1. The molecule has 8 nitrogen and oxygen atoms in total. The maximum absolute atomic E-state index is 12.8. The normalized spacial score (nSPS) is 13.7. The van der Waals surface area contributed by atoms with Crippen LogP contribution in [-0.2, 0) is 16.1 Å². The number of hydrogen-bond donors (Lipinski definition) is 1. The molecule has 2 amide bonds. The smallest absolute Gasteiger partial charge is 0.249 e. The van der Waals surface area contributed by atoms with E-state index in [0.29, 0.717) is 28.4 Å². The first-order valence-corrected chi connectivity index (χ1v) is 10.1. The Labute approximate surface area is 175 Å². The Morgan fingerprint density at radius 2 is 1.97 bits per heavy atom. The Hall–Kier alpha value is -2.45. The summed E-state index contributed by atoms with van der Waals surface area (Å²) in [4.78, 5) is 28.1. The van der Waals surface area contributed by atoms with Crippen molar-refractivity contribution in [3.05, 3.63) is 35.2 Å². The monoisotopic (exact) mass is 419 g/mol. The second-order valence-electron chi connectivity index (χ2n) is 7.61. The highest BCUT2D eigenvalue weighted by molar-refractivity contribution is 6.33. The molecule has 156 valence electrons. The topological polar surface area (TPSA) is 91.6 Å². The third kappa shape index (κ3) is 6.01. The van der Waals surface area contributed by atoms with Crippen molar-refractivity contribution in [1.29, 1.82) is 0 Å². The number of benzene rings is 1. The van der Waals surface area contributed by atoms with Crippen LogP contribution < -0.4 is 5.32 Å². The summed E-state index contributed by atoms with van der Waals surface area (Å²) < 4.78 is 5.72. The van der Waals surface area contributed by atoms with E-state index in [1.165, 1.54) is 0 Å². The quantitative estimate of drug-likeness (QED) is 0.670. The van der Waals surface area contributed by atoms with E-state index in [1.54, 1.807) is 29.0 Å². The van der Waals surface area contributed by atoms with Gasteiger partial charge in [-0.05, 0) is 45.9 Å². The predicted octanol–water partition coefficient (Wildman–Crippen LogP) is 2.34. The summed E-state index contributed by atoms with van der Waals surface area (Å²) in [6, 6.07) is 7.45. The van der Waals surface area contributed by atoms with Crippen LogP contribution in [0.2, 0.25) is 5.02 Å². The van der Waals surface area contributed by atoms with Gasteiger partial charge in [-0.1, -0.05) is 23.7 Å². The van der Waals surface area contributed by atoms with Crippen molar-refractivity contribution in [3.63, 3.8) is 0 Å². The molecule has 3 rings (SSSR count). The molecule has 1 fully saturated rings. The van der Waals surface area contributed by atoms with Crippen molar-refractivity contribution in [3.8, 4) is 11.5 Å². The third-order valence-corrected chi connectivity index (χ3v) is 4.91. The molecular weight excluding hydrogens is 394 g/mol. The van der Waals surface area contributed by atoms with Crippen LogP contribution in [0.25, 0.3) is 11.5 Å². The molecule has 1 aliphatic carbocycles. The van der Waals surface area contributed by atoms with Crippen LogP contribution in [0.4, 0.5) is 0 Å². The highest BCUT2D eigenvalue weighted by Gasteiger charge is 2.25. The zero-order valence-electron chi connectivity index (χ0n) is 16.9. The van der Waals surface area contributed by atoms with Crippen molar-refractivity contribution in [2.45, 2.75) is 45.3 Å². The lowest BCUT2D eigenvalue weighted by molar-refractivity contribution is -0.135. The van der Waals surface area contributed by atoms with E-state index >= 15 is 0 Å². The van der Waals surface area contributed by atoms with Crippen LogP contribution in [0.15, 0.2) is 28.7 Å². The fourth-order valence-corrected chi connectivity index (χ4v) is 3.11. The van der Waals surface area contributed by atoms with Crippen LogP contribution in [-0.4, -0.2) is 64.0 Å². The summed E-state index contributed by atoms with van der Waals surface area (Å²) in [5, 5.41) is 11.6. The van der Waals surface area contributed by atoms with Gasteiger partial charge in [0.2, 0.25) is 23.6 Å². The van der Waals surface area contributed by atoms with E-state index in [2.05, 4.69) is 15.5 Å². The molecule has 1 saturated carbocycles. The van der Waals surface area contributed by atoms with Crippen LogP contribution in [0.5, 0.6) is 0 Å². The fourth-order valence-electron chi connectivity index (χ4n) is 2.89. The zero-order chi connectivity index (χ0) is 21.0. The Bertz CT molecular complexity index is 865. The zero-order valence-corrected chi connectivity index (χ0v) is 17.6. The Balaban J connectivity index is 1.60. The average molecular weight is 420 g/mol. The van der Waals surface area contributed by atoms with Gasteiger partial charge >= 0.3 is 0 Å². The second kappa shape index (κ2) is 9.37. The van der Waals surface area contributed by atoms with Gasteiger partial charge in [0, 0.05) is 12.1 Å². The molecule has 0 spiro atoms. The van der Waals surface area contributed by atoms with E-state index in [0.717, 1.165) is 12.8 Å². The van der Waals surface area contributed by atoms with E-state index in [4.69, 9.17) is 16.0 Å². The Morgan fingerprint density at radius 3 is 2.62 bits per heavy atom. The Morgan fingerprint density at radius 1 is 1.24 bits per heavy atom. The highest BCUT2D eigenvalue weighted by Crippen LogP contribution is 2.26. The van der Waals surface area contributed by atoms with E-state index < -0.39 is 0 Å². The number of nitrogens with zero attached hydrogens (tertiary/aromatic N) is 4. The number of amides is 2. The highest BCUT2D eigenvalue weighted by atomic mass is 35.5. The van der Waals surface area contributed by atoms with Crippen molar-refractivity contribution >= 4 is 23.4 Å². The van der Waals surface area contributed by atoms with Crippen molar-refractivity contribution in [1.82, 2.24) is 25.3 Å². The number of hydrogen-bond acceptors (Lipinski definition) is 6. The minimum atomic E-state index is -0.112. The van der Waals surface area contributed by atoms with Gasteiger partial charge in [-0.25, -0.2) is 0 Å². The molecule has 1 aromatic carbocycles. The van der Waals surface area contributed by atoms with E-state index in [9.17, 15) is 9.59 Å². The number of carbonyl (C=O) groups is 2. The summed E-state index contributed by atoms with van der Waals surface area (Å²) in [6.07, 6.45) is 2.08. The van der Waals surface area contributed by atoms with Crippen molar-refractivity contribution in [2.24, 2.45) is 0 Å². The first kappa shape index (κ1) is 21.3. The molecule has 1 N–H and O–H groups in total. The minimum absolute atomic E-state index is 0.0554. The summed E-state index contributed by atoms with van der Waals surface area (Å²) in [5.41, 5.74) is 0.650. The molecular formula is C20H26ClN5O3. The van der Waals surface area contributed by atoms with E-state index in [1.807, 2.05) is 26.0 Å². The molecule has 0 unspecified atom stereocenters. The number of likely N-dealkylation sites (N-methyl/N-ethyl adjacent to an activating group) is 1. The first-order valence-electron chi connectivity index (χ1n) is 9.68. The summed E-state index contributed by atoms with van der Waals surface area (Å²) in [7, 11) is 1.76. The number of nitrogens with one attached hydrogen (secondary N) is 1. The first-order chi connectivity index (χ1) is 13.8. The second-order valence-corrected chi connectivity index (χ2v) is 8.02. The molecule has 0 atom stereocenters. The number of carbonyl (C=O) groups excluding carboxylic acids is 2. The standard InChI is InChI=1S/C20H26ClN5O3/c1-13(2)26(19(28)12-25(3)10-17(27)22-14-8-9-14)11-18-23-24-20(29-18)15-6-4-5-7-16(15)21/h4-7,13-14H,8-12H2,1-3H3,(H,22,27). The lowest BCUT2D eigenvalue weighted by atomic mass is 10.2. The van der Waals surface area contributed by atoms with Gasteiger partial charge in [-0.15, -0.1) is 10.2 Å². The fraction of sp³-hybridized carbons (Fsp3) is 0.500. The third-order valence-electron chi connectivity index (χ3n) is 4.58. The molecule has 0 bridgehead atoms. The van der Waals surface area contributed by atoms with Gasteiger partial charge in [0.15, 0.2) is 0 Å². The van der Waals surface area contributed by atoms with Crippen molar-refractivity contribution in [2.75, 3.05) is 20.1 Å². The molecule has 1 aromatic heterocycles. The summed E-state index contributed by atoms with van der Waals surface area (Å²) in [5.74, 6) is 0.478. The lowest BCUT2D eigenvalue weighted by Gasteiger charge is -2.27.